The summed E-state index contributed by atoms with van der Waals surface area (Å²) >= 11 is 0. The molecule has 0 amide bonds. The predicted molar refractivity (Wildman–Crippen MR) is 136 cm³/mol. The molecule has 0 saturated carbocycles. The van der Waals surface area contributed by atoms with Crippen LogP contribution in [0.4, 0.5) is 0 Å². The van der Waals surface area contributed by atoms with Crippen LogP contribution in [-0.2, 0) is 0 Å². The van der Waals surface area contributed by atoms with Crippen LogP contribution in [0.15, 0.2) is 123 Å². The van der Waals surface area contributed by atoms with Gasteiger partial charge in [0.05, 0.1) is 11.4 Å². The average Bonchev–Trinajstić information content (AvgIpc) is 3.32. The van der Waals surface area contributed by atoms with E-state index >= 15 is 0 Å². The largest absolute Gasteiger partial charge is 0.308 e. The van der Waals surface area contributed by atoms with Gasteiger partial charge in [-0.15, -0.1) is 0 Å². The first-order chi connectivity index (χ1) is 17.4. The normalized spacial score (nSPS) is 10.9. The predicted octanol–water partition coefficient (Wildman–Crippen LogP) is 6.12. The molecule has 0 fully saturated rings. The SMILES string of the molecule is c1cc(-c2c(-c3ccncc3)c(-c3ccncc3)n(-c3ccncc3)c2-c2ccncc2)ccn1. The first kappa shape index (κ1) is 20.6. The molecular weight excluding hydrogens is 432 g/mol. The molecule has 0 spiro atoms. The fraction of sp³-hybridized carbons (Fsp3) is 0. The van der Waals surface area contributed by atoms with Gasteiger partial charge in [-0.3, -0.25) is 24.9 Å². The monoisotopic (exact) mass is 452 g/mol. The molecule has 0 bridgehead atoms. The number of hydrogen-bond donors (Lipinski definition) is 0. The van der Waals surface area contributed by atoms with Crippen LogP contribution < -0.4 is 0 Å². The molecular formula is C29H20N6. The Balaban J connectivity index is 1.86. The number of nitrogens with zero attached hydrogens (tertiary/aromatic N) is 6. The third kappa shape index (κ3) is 3.77. The van der Waals surface area contributed by atoms with E-state index in [2.05, 4.69) is 53.8 Å². The Kier molecular flexibility index (Phi) is 5.37. The molecule has 6 rings (SSSR count). The van der Waals surface area contributed by atoms with Gasteiger partial charge in [-0.2, -0.15) is 0 Å². The van der Waals surface area contributed by atoms with Crippen molar-refractivity contribution in [3.63, 3.8) is 0 Å². The van der Waals surface area contributed by atoms with Crippen molar-refractivity contribution >= 4 is 0 Å². The summed E-state index contributed by atoms with van der Waals surface area (Å²) in [5.41, 5.74) is 9.59. The second-order valence-corrected chi connectivity index (χ2v) is 7.93. The van der Waals surface area contributed by atoms with Crippen molar-refractivity contribution in [3.8, 4) is 50.5 Å². The maximum absolute atomic E-state index is 4.28. The standard InChI is InChI=1S/C29H20N6/c1-11-30-12-2-21(1)26-27(22-3-13-31-14-4-22)29(24-7-17-33-18-8-24)35(25-9-19-34-20-10-25)28(26)23-5-15-32-16-6-23/h1-20H. The molecule has 0 N–H and O–H groups in total. The summed E-state index contributed by atoms with van der Waals surface area (Å²) in [6, 6.07) is 20.5. The third-order valence-electron chi connectivity index (χ3n) is 5.94. The van der Waals surface area contributed by atoms with Crippen molar-refractivity contribution in [1.29, 1.82) is 0 Å². The topological polar surface area (TPSA) is 69.4 Å². The van der Waals surface area contributed by atoms with Crippen molar-refractivity contribution in [2.24, 2.45) is 0 Å². The maximum Gasteiger partial charge on any atom is 0.0621 e. The van der Waals surface area contributed by atoms with Crippen LogP contribution in [0, 0.1) is 0 Å². The Morgan fingerprint density at radius 3 is 0.971 bits per heavy atom. The van der Waals surface area contributed by atoms with Gasteiger partial charge in [0.25, 0.3) is 0 Å². The fourth-order valence-corrected chi connectivity index (χ4v) is 4.49. The Morgan fingerprint density at radius 2 is 0.629 bits per heavy atom. The Hall–Kier alpha value is -4.97. The van der Waals surface area contributed by atoms with Crippen LogP contribution in [0.5, 0.6) is 0 Å². The van der Waals surface area contributed by atoms with Crippen LogP contribution in [0.1, 0.15) is 0 Å². The molecule has 0 unspecified atom stereocenters. The van der Waals surface area contributed by atoms with Gasteiger partial charge < -0.3 is 4.57 Å². The molecule has 0 aliphatic rings. The van der Waals surface area contributed by atoms with Gasteiger partial charge in [0.1, 0.15) is 0 Å². The number of pyridine rings is 5. The van der Waals surface area contributed by atoms with Crippen LogP contribution in [0.2, 0.25) is 0 Å². The van der Waals surface area contributed by atoms with Gasteiger partial charge in [-0.25, -0.2) is 0 Å². The molecule has 0 aliphatic heterocycles. The second kappa shape index (κ2) is 9.11. The van der Waals surface area contributed by atoms with E-state index < -0.39 is 0 Å². The molecule has 6 heteroatoms. The van der Waals surface area contributed by atoms with Gasteiger partial charge in [0.2, 0.25) is 0 Å². The Labute approximate surface area is 202 Å². The smallest absolute Gasteiger partial charge is 0.0621 e. The van der Waals surface area contributed by atoms with Crippen molar-refractivity contribution in [2.75, 3.05) is 0 Å². The van der Waals surface area contributed by atoms with Crippen molar-refractivity contribution in [2.45, 2.75) is 0 Å². The summed E-state index contributed by atoms with van der Waals surface area (Å²) in [6.07, 6.45) is 18.3. The summed E-state index contributed by atoms with van der Waals surface area (Å²) < 4.78 is 2.30. The zero-order chi connectivity index (χ0) is 23.5. The minimum Gasteiger partial charge on any atom is -0.308 e. The van der Waals surface area contributed by atoms with Gasteiger partial charge >= 0.3 is 0 Å². The van der Waals surface area contributed by atoms with Crippen LogP contribution in [0.25, 0.3) is 50.5 Å². The van der Waals surface area contributed by atoms with E-state index in [9.17, 15) is 0 Å². The lowest BCUT2D eigenvalue weighted by Gasteiger charge is -2.15. The Bertz CT molecular complexity index is 1250. The van der Waals surface area contributed by atoms with E-state index in [4.69, 9.17) is 0 Å². The minimum absolute atomic E-state index is 1.01. The highest BCUT2D eigenvalue weighted by atomic mass is 15.0. The average molecular weight is 453 g/mol. The lowest BCUT2D eigenvalue weighted by Crippen LogP contribution is -2.00. The Morgan fingerprint density at radius 1 is 0.343 bits per heavy atom. The first-order valence-electron chi connectivity index (χ1n) is 11.2. The third-order valence-corrected chi connectivity index (χ3v) is 5.94. The molecule has 0 atom stereocenters. The molecule has 0 aromatic carbocycles. The van der Waals surface area contributed by atoms with Crippen molar-refractivity contribution in [3.05, 3.63) is 123 Å². The highest BCUT2D eigenvalue weighted by Crippen LogP contribution is 2.49. The van der Waals surface area contributed by atoms with Gasteiger partial charge in [0, 0.05) is 89.9 Å². The molecule has 6 heterocycles. The highest BCUT2D eigenvalue weighted by Gasteiger charge is 2.27. The number of hydrogen-bond acceptors (Lipinski definition) is 5. The lowest BCUT2D eigenvalue weighted by molar-refractivity contribution is 1.08. The van der Waals surface area contributed by atoms with E-state index in [0.29, 0.717) is 0 Å². The summed E-state index contributed by atoms with van der Waals surface area (Å²) in [6.45, 7) is 0. The van der Waals surface area contributed by atoms with Crippen LogP contribution in [-0.4, -0.2) is 29.5 Å². The zero-order valence-corrected chi connectivity index (χ0v) is 18.7. The van der Waals surface area contributed by atoms with Crippen molar-refractivity contribution in [1.82, 2.24) is 29.5 Å². The van der Waals surface area contributed by atoms with Crippen LogP contribution in [0.3, 0.4) is 0 Å². The molecule has 6 aromatic rings. The highest BCUT2D eigenvalue weighted by molar-refractivity contribution is 6.02. The maximum atomic E-state index is 4.28. The number of aromatic nitrogens is 6. The lowest BCUT2D eigenvalue weighted by atomic mass is 9.93. The quantitative estimate of drug-likeness (QED) is 0.315. The number of rotatable bonds is 5. The van der Waals surface area contributed by atoms with E-state index in [1.807, 2.05) is 98.4 Å². The molecule has 0 aliphatic carbocycles. The molecule has 6 aromatic heterocycles. The van der Waals surface area contributed by atoms with E-state index in [1.54, 1.807) is 0 Å². The zero-order valence-electron chi connectivity index (χ0n) is 18.7. The summed E-state index contributed by atoms with van der Waals surface area (Å²) in [4.78, 5) is 21.4. The molecule has 6 nitrogen and oxygen atoms in total. The second-order valence-electron chi connectivity index (χ2n) is 7.93. The molecule has 0 radical (unpaired) electrons. The molecule has 35 heavy (non-hydrogen) atoms. The van der Waals surface area contributed by atoms with Crippen molar-refractivity contribution < 1.29 is 0 Å². The van der Waals surface area contributed by atoms with Crippen LogP contribution >= 0.6 is 0 Å². The summed E-state index contributed by atoms with van der Waals surface area (Å²) in [5.74, 6) is 0. The molecule has 0 saturated heterocycles. The summed E-state index contributed by atoms with van der Waals surface area (Å²) in [7, 11) is 0. The first-order valence-corrected chi connectivity index (χ1v) is 11.2. The minimum atomic E-state index is 1.01. The molecule has 166 valence electrons. The van der Waals surface area contributed by atoms with Gasteiger partial charge in [0.15, 0.2) is 0 Å². The summed E-state index contributed by atoms with van der Waals surface area (Å²) in [5, 5.41) is 0. The van der Waals surface area contributed by atoms with E-state index in [-0.39, 0.29) is 0 Å². The van der Waals surface area contributed by atoms with Gasteiger partial charge in [-0.1, -0.05) is 0 Å². The van der Waals surface area contributed by atoms with Gasteiger partial charge in [-0.05, 0) is 71.8 Å². The van der Waals surface area contributed by atoms with E-state index in [1.165, 1.54) is 0 Å². The van der Waals surface area contributed by atoms with E-state index in [0.717, 1.165) is 50.5 Å². The fourth-order valence-electron chi connectivity index (χ4n) is 4.49.